The number of rotatable bonds is 7. The summed E-state index contributed by atoms with van der Waals surface area (Å²) in [5.41, 5.74) is 4.06. The van der Waals surface area contributed by atoms with Gasteiger partial charge in [-0.2, -0.15) is 5.10 Å². The van der Waals surface area contributed by atoms with E-state index >= 15 is 0 Å². The molecule has 2 rings (SSSR count). The number of hydrogen-bond acceptors (Lipinski definition) is 5. The van der Waals surface area contributed by atoms with Gasteiger partial charge < -0.3 is 14.6 Å². The van der Waals surface area contributed by atoms with Gasteiger partial charge in [-0.05, 0) is 71.2 Å². The van der Waals surface area contributed by atoms with Crippen molar-refractivity contribution in [1.29, 1.82) is 0 Å². The topological polar surface area (TPSA) is 80.2 Å². The van der Waals surface area contributed by atoms with E-state index in [2.05, 4.69) is 42.4 Å². The van der Waals surface area contributed by atoms with Gasteiger partial charge >= 0.3 is 0 Å². The molecule has 0 saturated heterocycles. The average Bonchev–Trinajstić information content (AvgIpc) is 2.60. The molecule has 6 nitrogen and oxygen atoms in total. The molecule has 0 unspecified atom stereocenters. The number of carbonyl (C=O) groups is 1. The smallest absolute Gasteiger partial charge is 0.277 e. The summed E-state index contributed by atoms with van der Waals surface area (Å²) in [6.07, 6.45) is 1.45. The fourth-order valence-electron chi connectivity index (χ4n) is 2.00. The molecule has 0 aromatic heterocycles. The number of halogens is 2. The number of nitrogens with one attached hydrogen (secondary N) is 1. The number of hydrazone groups is 1. The number of benzene rings is 2. The van der Waals surface area contributed by atoms with Crippen LogP contribution in [0.25, 0.3) is 0 Å². The second-order valence-electron chi connectivity index (χ2n) is 5.28. The number of hydrogen-bond donors (Lipinski definition) is 2. The highest BCUT2D eigenvalue weighted by Crippen LogP contribution is 2.35. The number of ether oxygens (including phenoxy) is 2. The monoisotopic (exact) mass is 484 g/mol. The van der Waals surface area contributed by atoms with Gasteiger partial charge in [-0.15, -0.1) is 0 Å². The molecule has 8 heteroatoms. The van der Waals surface area contributed by atoms with Crippen LogP contribution in [0.15, 0.2) is 44.4 Å². The van der Waals surface area contributed by atoms with Crippen molar-refractivity contribution in [1.82, 2.24) is 5.43 Å². The van der Waals surface area contributed by atoms with Crippen LogP contribution in [-0.4, -0.2) is 30.4 Å². The minimum absolute atomic E-state index is 0.0197. The van der Waals surface area contributed by atoms with E-state index in [4.69, 9.17) is 9.47 Å². The predicted octanol–water partition coefficient (Wildman–Crippen LogP) is 4.15. The van der Waals surface area contributed by atoms with Gasteiger partial charge in [0.05, 0.1) is 17.3 Å². The van der Waals surface area contributed by atoms with E-state index in [9.17, 15) is 9.90 Å². The molecule has 0 atom stereocenters. The molecule has 2 N–H and O–H groups in total. The Kier molecular flexibility index (Phi) is 7.47. The molecular weight excluding hydrogens is 468 g/mol. The first-order valence-corrected chi connectivity index (χ1v) is 9.35. The zero-order valence-corrected chi connectivity index (χ0v) is 17.4. The zero-order chi connectivity index (χ0) is 19.1. The summed E-state index contributed by atoms with van der Waals surface area (Å²) < 4.78 is 12.2. The second-order valence-corrected chi connectivity index (χ2v) is 6.98. The van der Waals surface area contributed by atoms with E-state index in [0.717, 1.165) is 10.0 Å². The Hall–Kier alpha value is -2.06. The molecule has 0 heterocycles. The first kappa shape index (κ1) is 20.3. The molecular formula is C18H18Br2N2O4. The van der Waals surface area contributed by atoms with Crippen LogP contribution in [0.2, 0.25) is 0 Å². The van der Waals surface area contributed by atoms with Crippen molar-refractivity contribution in [2.24, 2.45) is 5.10 Å². The molecule has 0 spiro atoms. The lowest BCUT2D eigenvalue weighted by Crippen LogP contribution is -2.24. The van der Waals surface area contributed by atoms with Crippen LogP contribution < -0.4 is 14.9 Å². The van der Waals surface area contributed by atoms with Crippen molar-refractivity contribution in [3.8, 4) is 17.2 Å². The molecule has 0 aliphatic carbocycles. The van der Waals surface area contributed by atoms with Crippen molar-refractivity contribution in [3.05, 3.63) is 50.4 Å². The number of phenols is 1. The van der Waals surface area contributed by atoms with Gasteiger partial charge in [0, 0.05) is 4.47 Å². The van der Waals surface area contributed by atoms with Crippen molar-refractivity contribution >= 4 is 44.0 Å². The number of aryl methyl sites for hydroxylation is 1. The Labute approximate surface area is 168 Å². The molecule has 0 saturated carbocycles. The third-order valence-corrected chi connectivity index (χ3v) is 4.75. The fourth-order valence-corrected chi connectivity index (χ4v) is 2.71. The Balaban J connectivity index is 1.91. The van der Waals surface area contributed by atoms with Crippen molar-refractivity contribution in [3.63, 3.8) is 0 Å². The third-order valence-electron chi connectivity index (χ3n) is 3.25. The quantitative estimate of drug-likeness (QED) is 0.456. The summed E-state index contributed by atoms with van der Waals surface area (Å²) in [6, 6.07) is 8.76. The molecule has 1 amide bonds. The summed E-state index contributed by atoms with van der Waals surface area (Å²) >= 11 is 6.66. The first-order chi connectivity index (χ1) is 12.4. The van der Waals surface area contributed by atoms with Crippen molar-refractivity contribution < 1.29 is 19.4 Å². The largest absolute Gasteiger partial charge is 0.503 e. The van der Waals surface area contributed by atoms with Crippen LogP contribution in [0.1, 0.15) is 18.1 Å². The Bertz CT molecular complexity index is 825. The SMILES string of the molecule is CCOc1cc(/C=N/NC(=O)COc2ccc(Br)c(C)c2)cc(Br)c1O. The van der Waals surface area contributed by atoms with E-state index in [1.807, 2.05) is 26.0 Å². The lowest BCUT2D eigenvalue weighted by molar-refractivity contribution is -0.123. The first-order valence-electron chi connectivity index (χ1n) is 7.77. The molecule has 0 aliphatic rings. The average molecular weight is 486 g/mol. The zero-order valence-electron chi connectivity index (χ0n) is 14.3. The maximum atomic E-state index is 11.8. The maximum absolute atomic E-state index is 11.8. The molecule has 0 fully saturated rings. The van der Waals surface area contributed by atoms with Crippen molar-refractivity contribution in [2.75, 3.05) is 13.2 Å². The van der Waals surface area contributed by atoms with Crippen LogP contribution in [-0.2, 0) is 4.79 Å². The van der Waals surface area contributed by atoms with Gasteiger partial charge in [0.2, 0.25) is 0 Å². The lowest BCUT2D eigenvalue weighted by Gasteiger charge is -2.08. The minimum atomic E-state index is -0.385. The molecule has 0 aliphatic heterocycles. The van der Waals surface area contributed by atoms with E-state index in [1.165, 1.54) is 6.21 Å². The van der Waals surface area contributed by atoms with E-state index in [0.29, 0.717) is 28.1 Å². The Morgan fingerprint density at radius 2 is 2.00 bits per heavy atom. The molecule has 0 bridgehead atoms. The standard InChI is InChI=1S/C18H18Br2N2O4/c1-3-25-16-8-12(7-15(20)18(16)24)9-21-22-17(23)10-26-13-4-5-14(19)11(2)6-13/h4-9,24H,3,10H2,1-2H3,(H,22,23)/b21-9+. The predicted molar refractivity (Wildman–Crippen MR) is 107 cm³/mol. The van der Waals surface area contributed by atoms with Crippen LogP contribution in [0.5, 0.6) is 17.2 Å². The van der Waals surface area contributed by atoms with Gasteiger partial charge in [-0.1, -0.05) is 15.9 Å². The highest BCUT2D eigenvalue weighted by Gasteiger charge is 2.08. The minimum Gasteiger partial charge on any atom is -0.503 e. The fraction of sp³-hybridized carbons (Fsp3) is 0.222. The highest BCUT2D eigenvalue weighted by atomic mass is 79.9. The van der Waals surface area contributed by atoms with Crippen molar-refractivity contribution in [2.45, 2.75) is 13.8 Å². The molecule has 138 valence electrons. The molecule has 26 heavy (non-hydrogen) atoms. The van der Waals surface area contributed by atoms with Gasteiger partial charge in [0.1, 0.15) is 5.75 Å². The van der Waals surface area contributed by atoms with E-state index < -0.39 is 0 Å². The molecule has 2 aromatic rings. The third kappa shape index (κ3) is 5.74. The van der Waals surface area contributed by atoms with Gasteiger partial charge in [-0.25, -0.2) is 5.43 Å². The Morgan fingerprint density at radius 1 is 1.23 bits per heavy atom. The lowest BCUT2D eigenvalue weighted by atomic mass is 10.2. The normalized spacial score (nSPS) is 10.8. The van der Waals surface area contributed by atoms with Gasteiger partial charge in [-0.3, -0.25) is 4.79 Å². The summed E-state index contributed by atoms with van der Waals surface area (Å²) in [5, 5.41) is 13.8. The maximum Gasteiger partial charge on any atom is 0.277 e. The van der Waals surface area contributed by atoms with Gasteiger partial charge in [0.25, 0.3) is 5.91 Å². The Morgan fingerprint density at radius 3 is 2.69 bits per heavy atom. The van der Waals surface area contributed by atoms with E-state index in [-0.39, 0.29) is 18.3 Å². The summed E-state index contributed by atoms with van der Waals surface area (Å²) in [5.74, 6) is 0.577. The molecule has 2 aromatic carbocycles. The number of carbonyl (C=O) groups excluding carboxylic acids is 1. The van der Waals surface area contributed by atoms with Crippen LogP contribution in [0, 0.1) is 6.92 Å². The van der Waals surface area contributed by atoms with Crippen LogP contribution in [0.3, 0.4) is 0 Å². The van der Waals surface area contributed by atoms with Crippen LogP contribution in [0.4, 0.5) is 0 Å². The highest BCUT2D eigenvalue weighted by molar-refractivity contribution is 9.10. The number of nitrogens with zero attached hydrogens (tertiary/aromatic N) is 1. The summed E-state index contributed by atoms with van der Waals surface area (Å²) in [6.45, 7) is 4.03. The second kappa shape index (κ2) is 9.59. The van der Waals surface area contributed by atoms with Gasteiger partial charge in [0.15, 0.2) is 18.1 Å². The molecule has 0 radical (unpaired) electrons. The van der Waals surface area contributed by atoms with Crippen LogP contribution >= 0.6 is 31.9 Å². The summed E-state index contributed by atoms with van der Waals surface area (Å²) in [7, 11) is 0. The number of amides is 1. The number of phenolic OH excluding ortho intramolecular Hbond substituents is 1. The van der Waals surface area contributed by atoms with E-state index in [1.54, 1.807) is 18.2 Å². The number of aromatic hydroxyl groups is 1. The summed E-state index contributed by atoms with van der Waals surface area (Å²) in [4.78, 5) is 11.8.